The Morgan fingerprint density at radius 2 is 2.26 bits per heavy atom. The molecule has 0 saturated carbocycles. The van der Waals surface area contributed by atoms with Crippen molar-refractivity contribution < 1.29 is 23.5 Å². The molecule has 0 aromatic carbocycles. The van der Waals surface area contributed by atoms with Crippen molar-refractivity contribution in [2.75, 3.05) is 13.1 Å². The Bertz CT molecular complexity index is 600. The monoisotopic (exact) mass is 386 g/mol. The summed E-state index contributed by atoms with van der Waals surface area (Å²) in [5.41, 5.74) is 0. The SMILES string of the molecule is CCC(C)OC(=O)CC1C(=O)NCCN1C(=O)c1ccc(Br)o1. The number of carbonyl (C=O) groups is 3. The number of amides is 2. The maximum Gasteiger partial charge on any atom is 0.308 e. The van der Waals surface area contributed by atoms with E-state index in [0.29, 0.717) is 24.2 Å². The molecule has 2 heterocycles. The number of furan rings is 1. The third-order valence-corrected chi connectivity index (χ3v) is 4.07. The van der Waals surface area contributed by atoms with Gasteiger partial charge in [-0.15, -0.1) is 0 Å². The van der Waals surface area contributed by atoms with Gasteiger partial charge < -0.3 is 19.4 Å². The van der Waals surface area contributed by atoms with E-state index in [2.05, 4.69) is 21.2 Å². The Kier molecular flexibility index (Phi) is 5.81. The van der Waals surface area contributed by atoms with Gasteiger partial charge in [0, 0.05) is 13.1 Å². The fraction of sp³-hybridized carbons (Fsp3) is 0.533. The third-order valence-electron chi connectivity index (χ3n) is 3.64. The summed E-state index contributed by atoms with van der Waals surface area (Å²) in [5.74, 6) is -1.17. The number of halogens is 1. The largest absolute Gasteiger partial charge is 0.463 e. The van der Waals surface area contributed by atoms with Crippen LogP contribution >= 0.6 is 15.9 Å². The van der Waals surface area contributed by atoms with Crippen LogP contribution in [0.1, 0.15) is 37.2 Å². The molecule has 1 saturated heterocycles. The van der Waals surface area contributed by atoms with Crippen LogP contribution in [0.2, 0.25) is 0 Å². The van der Waals surface area contributed by atoms with Gasteiger partial charge in [-0.05, 0) is 41.4 Å². The molecule has 2 amide bonds. The predicted molar refractivity (Wildman–Crippen MR) is 84.7 cm³/mol. The summed E-state index contributed by atoms with van der Waals surface area (Å²) >= 11 is 3.14. The summed E-state index contributed by atoms with van der Waals surface area (Å²) in [6.45, 7) is 4.32. The first kappa shape index (κ1) is 17.5. The molecule has 2 atom stereocenters. The van der Waals surface area contributed by atoms with Crippen LogP contribution < -0.4 is 5.32 Å². The predicted octanol–water partition coefficient (Wildman–Crippen LogP) is 1.71. The van der Waals surface area contributed by atoms with Gasteiger partial charge in [0.15, 0.2) is 10.4 Å². The lowest BCUT2D eigenvalue weighted by Gasteiger charge is -2.34. The van der Waals surface area contributed by atoms with Gasteiger partial charge in [-0.1, -0.05) is 6.92 Å². The molecular formula is C15H19BrN2O5. The molecule has 1 N–H and O–H groups in total. The maximum absolute atomic E-state index is 12.5. The van der Waals surface area contributed by atoms with Crippen LogP contribution in [0.25, 0.3) is 0 Å². The minimum Gasteiger partial charge on any atom is -0.463 e. The summed E-state index contributed by atoms with van der Waals surface area (Å²) in [5, 5.41) is 2.67. The lowest BCUT2D eigenvalue weighted by atomic mass is 10.1. The van der Waals surface area contributed by atoms with Crippen LogP contribution in [0, 0.1) is 0 Å². The Morgan fingerprint density at radius 3 is 2.87 bits per heavy atom. The number of nitrogens with zero attached hydrogens (tertiary/aromatic N) is 1. The van der Waals surface area contributed by atoms with E-state index in [9.17, 15) is 14.4 Å². The van der Waals surface area contributed by atoms with E-state index >= 15 is 0 Å². The normalized spacial score (nSPS) is 19.2. The van der Waals surface area contributed by atoms with Gasteiger partial charge in [0.1, 0.15) is 6.04 Å². The average molecular weight is 387 g/mol. The van der Waals surface area contributed by atoms with E-state index in [1.165, 1.54) is 11.0 Å². The van der Waals surface area contributed by atoms with Crippen molar-refractivity contribution in [3.63, 3.8) is 0 Å². The van der Waals surface area contributed by atoms with Gasteiger partial charge >= 0.3 is 5.97 Å². The molecule has 1 aliphatic heterocycles. The standard InChI is InChI=1S/C15H19BrN2O5/c1-3-9(2)22-13(19)8-10-14(20)17-6-7-18(10)15(21)11-4-5-12(16)23-11/h4-5,9-10H,3,6-8H2,1-2H3,(H,17,20). The average Bonchev–Trinajstić information content (AvgIpc) is 2.95. The molecule has 0 aliphatic carbocycles. The summed E-state index contributed by atoms with van der Waals surface area (Å²) in [6, 6.07) is 2.23. The number of rotatable bonds is 5. The van der Waals surface area contributed by atoms with E-state index in [4.69, 9.17) is 9.15 Å². The van der Waals surface area contributed by atoms with Crippen molar-refractivity contribution in [2.45, 2.75) is 38.8 Å². The topological polar surface area (TPSA) is 88.9 Å². The molecule has 1 fully saturated rings. The van der Waals surface area contributed by atoms with Gasteiger partial charge in [-0.2, -0.15) is 0 Å². The zero-order chi connectivity index (χ0) is 17.0. The summed E-state index contributed by atoms with van der Waals surface area (Å²) in [7, 11) is 0. The lowest BCUT2D eigenvalue weighted by molar-refractivity contribution is -0.151. The van der Waals surface area contributed by atoms with Crippen molar-refractivity contribution in [2.24, 2.45) is 0 Å². The number of hydrogen-bond acceptors (Lipinski definition) is 5. The van der Waals surface area contributed by atoms with Crippen molar-refractivity contribution in [3.8, 4) is 0 Å². The van der Waals surface area contributed by atoms with Crippen LogP contribution in [0.15, 0.2) is 21.2 Å². The second kappa shape index (κ2) is 7.63. The van der Waals surface area contributed by atoms with Gasteiger partial charge in [0.2, 0.25) is 5.91 Å². The molecule has 1 aliphatic rings. The molecule has 8 heteroatoms. The Balaban J connectivity index is 2.11. The lowest BCUT2D eigenvalue weighted by Crippen LogP contribution is -2.57. The fourth-order valence-corrected chi connectivity index (χ4v) is 2.55. The quantitative estimate of drug-likeness (QED) is 0.778. The maximum atomic E-state index is 12.5. The molecule has 23 heavy (non-hydrogen) atoms. The number of piperazine rings is 1. The van der Waals surface area contributed by atoms with Crippen LogP contribution in [0.4, 0.5) is 0 Å². The molecule has 1 aromatic heterocycles. The zero-order valence-electron chi connectivity index (χ0n) is 13.0. The fourth-order valence-electron chi connectivity index (χ4n) is 2.25. The smallest absolute Gasteiger partial charge is 0.308 e. The first-order valence-electron chi connectivity index (χ1n) is 7.45. The highest BCUT2D eigenvalue weighted by Gasteiger charge is 2.36. The van der Waals surface area contributed by atoms with E-state index in [-0.39, 0.29) is 24.2 Å². The number of esters is 1. The first-order valence-corrected chi connectivity index (χ1v) is 8.25. The van der Waals surface area contributed by atoms with Gasteiger partial charge in [-0.3, -0.25) is 14.4 Å². The second-order valence-electron chi connectivity index (χ2n) is 5.32. The minimum atomic E-state index is -0.892. The van der Waals surface area contributed by atoms with Crippen LogP contribution in [0.3, 0.4) is 0 Å². The van der Waals surface area contributed by atoms with E-state index in [0.717, 1.165) is 0 Å². The second-order valence-corrected chi connectivity index (χ2v) is 6.10. The highest BCUT2D eigenvalue weighted by atomic mass is 79.9. The van der Waals surface area contributed by atoms with E-state index in [1.807, 2.05) is 6.92 Å². The molecule has 1 aromatic rings. The summed E-state index contributed by atoms with van der Waals surface area (Å²) in [6.07, 6.45) is 0.287. The molecule has 126 valence electrons. The molecule has 2 unspecified atom stereocenters. The van der Waals surface area contributed by atoms with E-state index < -0.39 is 17.9 Å². The van der Waals surface area contributed by atoms with Crippen molar-refractivity contribution in [1.82, 2.24) is 10.2 Å². The third kappa shape index (κ3) is 4.34. The highest BCUT2D eigenvalue weighted by molar-refractivity contribution is 9.10. The van der Waals surface area contributed by atoms with Crippen molar-refractivity contribution in [3.05, 3.63) is 22.6 Å². The number of carbonyl (C=O) groups excluding carboxylic acids is 3. The molecule has 0 spiro atoms. The van der Waals surface area contributed by atoms with Crippen LogP contribution in [-0.4, -0.2) is 47.9 Å². The zero-order valence-corrected chi connectivity index (χ0v) is 14.6. The van der Waals surface area contributed by atoms with E-state index in [1.54, 1.807) is 13.0 Å². The van der Waals surface area contributed by atoms with Gasteiger partial charge in [0.25, 0.3) is 5.91 Å². The van der Waals surface area contributed by atoms with Crippen LogP contribution in [0.5, 0.6) is 0 Å². The van der Waals surface area contributed by atoms with Crippen molar-refractivity contribution in [1.29, 1.82) is 0 Å². The van der Waals surface area contributed by atoms with Crippen molar-refractivity contribution >= 4 is 33.7 Å². The molecule has 7 nitrogen and oxygen atoms in total. The molecule has 2 rings (SSSR count). The molecule has 0 radical (unpaired) electrons. The minimum absolute atomic E-state index is 0.117. The highest BCUT2D eigenvalue weighted by Crippen LogP contribution is 2.19. The Morgan fingerprint density at radius 1 is 1.52 bits per heavy atom. The summed E-state index contributed by atoms with van der Waals surface area (Å²) < 4.78 is 10.9. The number of ether oxygens (including phenoxy) is 1. The number of hydrogen-bond donors (Lipinski definition) is 1. The first-order chi connectivity index (χ1) is 10.9. The summed E-state index contributed by atoms with van der Waals surface area (Å²) in [4.78, 5) is 37.9. The molecule has 0 bridgehead atoms. The number of nitrogens with one attached hydrogen (secondary N) is 1. The Labute approximate surface area is 142 Å². The van der Waals surface area contributed by atoms with Crippen LogP contribution in [-0.2, 0) is 14.3 Å². The Hall–Kier alpha value is -1.83. The van der Waals surface area contributed by atoms with Gasteiger partial charge in [0.05, 0.1) is 12.5 Å². The van der Waals surface area contributed by atoms with Gasteiger partial charge in [-0.25, -0.2) is 0 Å². The molecular weight excluding hydrogens is 368 g/mol.